The second-order valence-electron chi connectivity index (χ2n) is 6.21. The highest BCUT2D eigenvalue weighted by Gasteiger charge is 2.42. The van der Waals surface area contributed by atoms with Gasteiger partial charge in [0.1, 0.15) is 22.2 Å². The van der Waals surface area contributed by atoms with Crippen LogP contribution in [0.15, 0.2) is 17.2 Å². The molecule has 0 saturated carbocycles. The average Bonchev–Trinajstić information content (AvgIpc) is 2.94. The van der Waals surface area contributed by atoms with Crippen LogP contribution in [0, 0.1) is 23.4 Å². The normalized spacial score (nSPS) is 11.9. The number of thioether (sulfide) groups is 1. The van der Waals surface area contributed by atoms with Crippen LogP contribution in [0.2, 0.25) is 0 Å². The summed E-state index contributed by atoms with van der Waals surface area (Å²) in [5, 5.41) is 3.43. The maximum absolute atomic E-state index is 14.2. The monoisotopic (exact) mass is 425 g/mol. The highest BCUT2D eigenvalue weighted by molar-refractivity contribution is 7.99. The molecule has 0 fully saturated rings. The van der Waals surface area contributed by atoms with Gasteiger partial charge in [0.25, 0.3) is 0 Å². The Morgan fingerprint density at radius 2 is 1.75 bits per heavy atom. The fraction of sp³-hybridized carbons (Fsp3) is 0.412. The number of nitrogens with zero attached hydrogens (tertiary/aromatic N) is 3. The summed E-state index contributed by atoms with van der Waals surface area (Å²) in [6, 6.07) is 0.570. The van der Waals surface area contributed by atoms with Crippen molar-refractivity contribution in [2.75, 3.05) is 10.7 Å². The Bertz CT molecular complexity index is 842. The van der Waals surface area contributed by atoms with Crippen molar-refractivity contribution in [1.29, 1.82) is 0 Å². The Balaban J connectivity index is 2.79. The van der Waals surface area contributed by atoms with E-state index in [2.05, 4.69) is 5.10 Å². The lowest BCUT2D eigenvalue weighted by atomic mass is 10.2. The molecule has 0 aliphatic heterocycles. The van der Waals surface area contributed by atoms with E-state index < -0.39 is 40.7 Å². The third-order valence-corrected chi connectivity index (χ3v) is 5.08. The third-order valence-electron chi connectivity index (χ3n) is 3.57. The second-order valence-corrected chi connectivity index (χ2v) is 7.22. The minimum atomic E-state index is -4.99. The number of anilines is 2. The highest BCUT2D eigenvalue weighted by atomic mass is 32.2. The summed E-state index contributed by atoms with van der Waals surface area (Å²) in [6.45, 7) is 5.24. The molecule has 4 nitrogen and oxygen atoms in total. The van der Waals surface area contributed by atoms with E-state index in [1.54, 1.807) is 6.92 Å². The second kappa shape index (κ2) is 8.46. The lowest BCUT2D eigenvalue weighted by Gasteiger charge is -2.21. The first kappa shape index (κ1) is 22.1. The van der Waals surface area contributed by atoms with Gasteiger partial charge in [-0.3, -0.25) is 14.4 Å². The lowest BCUT2D eigenvalue weighted by molar-refractivity contribution is -0.141. The number of hydrogen-bond acceptors (Lipinski definition) is 3. The van der Waals surface area contributed by atoms with Crippen molar-refractivity contribution < 1.29 is 31.1 Å². The Morgan fingerprint density at radius 3 is 2.18 bits per heavy atom. The molecule has 28 heavy (non-hydrogen) atoms. The molecule has 0 unspecified atom stereocenters. The van der Waals surface area contributed by atoms with Crippen molar-refractivity contribution in [3.05, 3.63) is 35.3 Å². The molecule has 0 radical (unpaired) electrons. The molecule has 2 aromatic rings. The van der Waals surface area contributed by atoms with E-state index in [0.29, 0.717) is 5.75 Å². The van der Waals surface area contributed by atoms with Crippen molar-refractivity contribution in [3.8, 4) is 0 Å². The predicted octanol–water partition coefficient (Wildman–Crippen LogP) is 5.38. The molecule has 0 aliphatic carbocycles. The molecule has 1 heterocycles. The standard InChI is InChI=1S/C17H17F6N3OS/c1-4-26-16(28-7-9(2)3)14(15(24-26)17(21,22)23)25(8-27)13-11(19)5-10(18)6-12(13)20/h5-6,8-9H,4,7H2,1-3H3. The molecule has 0 bridgehead atoms. The molecule has 0 N–H and O–H groups in total. The van der Waals surface area contributed by atoms with E-state index in [4.69, 9.17) is 0 Å². The Hall–Kier alpha value is -2.17. The van der Waals surface area contributed by atoms with Crippen LogP contribution in [0.3, 0.4) is 0 Å². The summed E-state index contributed by atoms with van der Waals surface area (Å²) in [5.41, 5.74) is -3.36. The number of carbonyl (C=O) groups excluding carboxylic acids is 1. The fourth-order valence-electron chi connectivity index (χ4n) is 2.43. The molecule has 0 saturated heterocycles. The number of rotatable bonds is 7. The van der Waals surface area contributed by atoms with Gasteiger partial charge in [0.2, 0.25) is 6.41 Å². The SMILES string of the molecule is CCn1nc(C(F)(F)F)c(N(C=O)c2c(F)cc(F)cc2F)c1SCC(C)C. The van der Waals surface area contributed by atoms with Gasteiger partial charge < -0.3 is 0 Å². The largest absolute Gasteiger partial charge is 0.437 e. The number of benzene rings is 1. The van der Waals surface area contributed by atoms with Crippen molar-refractivity contribution in [3.63, 3.8) is 0 Å². The van der Waals surface area contributed by atoms with Crippen LogP contribution in [0.25, 0.3) is 0 Å². The van der Waals surface area contributed by atoms with Crippen molar-refractivity contribution in [2.24, 2.45) is 5.92 Å². The van der Waals surface area contributed by atoms with Gasteiger partial charge in [0, 0.05) is 24.4 Å². The molecule has 0 aliphatic rings. The van der Waals surface area contributed by atoms with Crippen molar-refractivity contribution in [1.82, 2.24) is 9.78 Å². The number of carbonyl (C=O) groups is 1. The minimum absolute atomic E-state index is 0.0323. The first-order chi connectivity index (χ1) is 13.0. The van der Waals surface area contributed by atoms with E-state index >= 15 is 0 Å². The molecule has 11 heteroatoms. The van der Waals surface area contributed by atoms with Crippen LogP contribution < -0.4 is 4.90 Å². The Kier molecular flexibility index (Phi) is 6.68. The first-order valence-corrected chi connectivity index (χ1v) is 9.19. The number of halogens is 6. The topological polar surface area (TPSA) is 38.1 Å². The fourth-order valence-corrected chi connectivity index (χ4v) is 3.57. The predicted molar refractivity (Wildman–Crippen MR) is 93.0 cm³/mol. The molecule has 1 aromatic heterocycles. The number of alkyl halides is 3. The van der Waals surface area contributed by atoms with Crippen LogP contribution in [0.4, 0.5) is 37.7 Å². The van der Waals surface area contributed by atoms with E-state index in [-0.39, 0.29) is 40.9 Å². The van der Waals surface area contributed by atoms with Crippen LogP contribution in [-0.2, 0) is 17.5 Å². The number of amides is 1. The molecule has 2 rings (SSSR count). The zero-order valence-electron chi connectivity index (χ0n) is 15.1. The summed E-state index contributed by atoms with van der Waals surface area (Å²) in [4.78, 5) is 11.8. The molecular weight excluding hydrogens is 408 g/mol. The van der Waals surface area contributed by atoms with Crippen molar-refractivity contribution in [2.45, 2.75) is 38.5 Å². The van der Waals surface area contributed by atoms with Crippen molar-refractivity contribution >= 4 is 29.5 Å². The van der Waals surface area contributed by atoms with Crippen LogP contribution in [-0.4, -0.2) is 21.9 Å². The van der Waals surface area contributed by atoms with E-state index in [9.17, 15) is 31.1 Å². The zero-order chi connectivity index (χ0) is 21.2. The quantitative estimate of drug-likeness (QED) is 0.340. The summed E-state index contributed by atoms with van der Waals surface area (Å²) >= 11 is 0.977. The van der Waals surface area contributed by atoms with Gasteiger partial charge in [-0.25, -0.2) is 13.2 Å². The molecule has 1 aromatic carbocycles. The summed E-state index contributed by atoms with van der Waals surface area (Å²) in [7, 11) is 0. The van der Waals surface area contributed by atoms with Crippen LogP contribution in [0.1, 0.15) is 26.5 Å². The summed E-state index contributed by atoms with van der Waals surface area (Å²) in [5.74, 6) is -3.84. The maximum Gasteiger partial charge on any atom is 0.437 e. The van der Waals surface area contributed by atoms with Gasteiger partial charge in [-0.05, 0) is 12.8 Å². The number of hydrogen-bond donors (Lipinski definition) is 0. The molecule has 1 amide bonds. The number of aromatic nitrogens is 2. The van der Waals surface area contributed by atoms with Gasteiger partial charge in [0.05, 0.1) is 0 Å². The number of aryl methyl sites for hydroxylation is 1. The summed E-state index contributed by atoms with van der Waals surface area (Å²) in [6.07, 6.45) is -5.14. The van der Waals surface area contributed by atoms with E-state index in [0.717, 1.165) is 16.4 Å². The minimum Gasteiger partial charge on any atom is -0.278 e. The van der Waals surface area contributed by atoms with Gasteiger partial charge >= 0.3 is 6.18 Å². The molecular formula is C17H17F6N3OS. The average molecular weight is 425 g/mol. The smallest absolute Gasteiger partial charge is 0.278 e. The zero-order valence-corrected chi connectivity index (χ0v) is 16.0. The third kappa shape index (κ3) is 4.45. The van der Waals surface area contributed by atoms with Gasteiger partial charge in [-0.1, -0.05) is 13.8 Å². The Morgan fingerprint density at radius 1 is 1.18 bits per heavy atom. The summed E-state index contributed by atoms with van der Waals surface area (Å²) < 4.78 is 83.4. The van der Waals surface area contributed by atoms with Gasteiger partial charge in [-0.15, -0.1) is 11.8 Å². The van der Waals surface area contributed by atoms with E-state index in [1.165, 1.54) is 0 Å². The van der Waals surface area contributed by atoms with Gasteiger partial charge in [-0.2, -0.15) is 18.3 Å². The van der Waals surface area contributed by atoms with Gasteiger partial charge in [0.15, 0.2) is 17.3 Å². The molecule has 0 spiro atoms. The first-order valence-electron chi connectivity index (χ1n) is 8.21. The van der Waals surface area contributed by atoms with Crippen LogP contribution >= 0.6 is 11.8 Å². The van der Waals surface area contributed by atoms with Crippen LogP contribution in [0.5, 0.6) is 0 Å². The highest BCUT2D eigenvalue weighted by Crippen LogP contribution is 2.45. The Labute approximate surface area is 161 Å². The lowest BCUT2D eigenvalue weighted by Crippen LogP contribution is -2.21. The van der Waals surface area contributed by atoms with E-state index in [1.807, 2.05) is 13.8 Å². The molecule has 0 atom stereocenters. The molecule has 154 valence electrons. The maximum atomic E-state index is 14.2.